The van der Waals surface area contributed by atoms with E-state index in [0.717, 1.165) is 12.1 Å². The summed E-state index contributed by atoms with van der Waals surface area (Å²) in [6.45, 7) is 5.95. The Hall–Kier alpha value is -6.14. The fraction of sp³-hybridized carbons (Fsp3) is 0.514. The van der Waals surface area contributed by atoms with Gasteiger partial charge in [0.05, 0.1) is 47.3 Å². The fourth-order valence-electron chi connectivity index (χ4n) is 6.15. The number of carbonyl (C=O) groups is 4. The van der Waals surface area contributed by atoms with Crippen LogP contribution in [0.15, 0.2) is 36.4 Å². The number of carbonyl (C=O) groups excluding carboxylic acids is 4. The van der Waals surface area contributed by atoms with Crippen molar-refractivity contribution in [2.24, 2.45) is 11.8 Å². The number of nitrogens with zero attached hydrogens (tertiary/aromatic N) is 3. The van der Waals surface area contributed by atoms with Gasteiger partial charge in [0, 0.05) is 6.54 Å². The first-order valence-electron chi connectivity index (χ1n) is 18.0. The normalized spacial score (nSPS) is 20.7. The van der Waals surface area contributed by atoms with Gasteiger partial charge in [0.1, 0.15) is 44.6 Å². The molecule has 2 aromatic carbocycles. The zero-order valence-corrected chi connectivity index (χ0v) is 32.1. The number of ether oxygens (including phenoxy) is 6. The summed E-state index contributed by atoms with van der Waals surface area (Å²) in [6, 6.07) is 1.57. The van der Waals surface area contributed by atoms with Gasteiger partial charge < -0.3 is 39.1 Å². The van der Waals surface area contributed by atoms with Crippen LogP contribution in [0, 0.1) is 32.1 Å². The van der Waals surface area contributed by atoms with E-state index >= 15 is 0 Å². The number of hydrogen-bond donors (Lipinski definition) is 2. The van der Waals surface area contributed by atoms with E-state index in [1.165, 1.54) is 31.3 Å². The predicted molar refractivity (Wildman–Crippen MR) is 197 cm³/mol. The van der Waals surface area contributed by atoms with Gasteiger partial charge in [-0.05, 0) is 55.4 Å². The van der Waals surface area contributed by atoms with E-state index in [4.69, 9.17) is 28.4 Å². The number of esters is 1. The Bertz CT molecular complexity index is 1830. The van der Waals surface area contributed by atoms with Gasteiger partial charge in [0.25, 0.3) is 11.4 Å². The summed E-state index contributed by atoms with van der Waals surface area (Å²) in [6.07, 6.45) is 3.08. The molecule has 4 aliphatic rings. The second kappa shape index (κ2) is 19.4. The molecule has 0 aliphatic carbocycles. The Morgan fingerprint density at radius 2 is 1.32 bits per heavy atom. The lowest BCUT2D eigenvalue weighted by Gasteiger charge is -2.28. The average Bonchev–Trinajstić information content (AvgIpc) is 3.65. The summed E-state index contributed by atoms with van der Waals surface area (Å²) < 4.78 is 33.2. The molecule has 3 amide bonds. The van der Waals surface area contributed by atoms with Crippen molar-refractivity contribution < 1.29 is 57.4 Å². The van der Waals surface area contributed by atoms with Crippen LogP contribution in [0.5, 0.6) is 23.0 Å². The van der Waals surface area contributed by atoms with Crippen molar-refractivity contribution in [1.82, 2.24) is 15.5 Å². The first-order chi connectivity index (χ1) is 26.6. The van der Waals surface area contributed by atoms with E-state index in [2.05, 4.69) is 10.6 Å². The van der Waals surface area contributed by atoms with Crippen molar-refractivity contribution >= 4 is 35.3 Å². The molecule has 1 saturated heterocycles. The number of amides is 3. The molecule has 304 valence electrons. The quantitative estimate of drug-likeness (QED) is 0.172. The summed E-state index contributed by atoms with van der Waals surface area (Å²) >= 11 is 0. The van der Waals surface area contributed by atoms with Crippen LogP contribution in [0.25, 0.3) is 0 Å². The molecular weight excluding hydrogens is 738 g/mol. The van der Waals surface area contributed by atoms with E-state index < -0.39 is 82.4 Å². The molecule has 19 heteroatoms. The number of nitro groups is 2. The van der Waals surface area contributed by atoms with Crippen LogP contribution in [0.2, 0.25) is 0 Å². The highest BCUT2D eigenvalue weighted by atomic mass is 16.6. The molecule has 19 nitrogen and oxygen atoms in total. The monoisotopic (exact) mass is 785 g/mol. The standard InChI is InChI=1S/C37H47N5O14/c1-21(2)14-25-34(43)39-33(22(3)4)36(45)55-19-23-15-29(51-5)31(17-27(23)41(47)48)53-12-7-8-13-54-32-18-28(42(49)50)24(16-30(32)52-6)20-56-37(46)40-11-9-10-26(40)35(44)38-25/h7-8,15-18,21-22,25-26,33H,9-14,19-20H2,1-6H3,(H,38,44)(H,39,43)/b8-7-/t25-,26-,33?/m0/s1. The molecule has 0 spiro atoms. The van der Waals surface area contributed by atoms with Crippen molar-refractivity contribution in [3.05, 3.63) is 67.8 Å². The third-order valence-electron chi connectivity index (χ3n) is 9.03. The van der Waals surface area contributed by atoms with E-state index in [9.17, 15) is 39.4 Å². The molecule has 4 heterocycles. The maximum Gasteiger partial charge on any atom is 0.410 e. The van der Waals surface area contributed by atoms with Gasteiger partial charge in [-0.1, -0.05) is 27.7 Å². The van der Waals surface area contributed by atoms with Crippen molar-refractivity contribution in [3.63, 3.8) is 0 Å². The van der Waals surface area contributed by atoms with Crippen LogP contribution in [-0.4, -0.2) is 90.7 Å². The minimum Gasteiger partial charge on any atom is -0.493 e. The zero-order chi connectivity index (χ0) is 41.1. The lowest BCUT2D eigenvalue weighted by molar-refractivity contribution is -0.386. The summed E-state index contributed by atoms with van der Waals surface area (Å²) in [5, 5.41) is 29.5. The minimum absolute atomic E-state index is 0.00265. The van der Waals surface area contributed by atoms with Gasteiger partial charge in [-0.15, -0.1) is 0 Å². The number of rotatable bonds is 7. The molecule has 0 saturated carbocycles. The van der Waals surface area contributed by atoms with Gasteiger partial charge >= 0.3 is 12.1 Å². The number of nitro benzene ring substituents is 2. The second-order valence-corrected chi connectivity index (χ2v) is 13.8. The third kappa shape index (κ3) is 10.8. The molecule has 2 aromatic rings. The van der Waals surface area contributed by atoms with Crippen LogP contribution in [0.4, 0.5) is 16.2 Å². The number of benzene rings is 2. The Balaban J connectivity index is 1.70. The first-order valence-corrected chi connectivity index (χ1v) is 18.0. The number of fused-ring (bicyclic) bond motifs is 2. The van der Waals surface area contributed by atoms with Crippen molar-refractivity contribution in [3.8, 4) is 23.0 Å². The van der Waals surface area contributed by atoms with E-state index in [0.29, 0.717) is 6.42 Å². The SMILES string of the molecule is COc1cc2c([N+](=O)[O-])cc1OC/C=C\COc1cc([N+](=O)[O-])c(cc1OC)COC(=O)N1CCC[C@H]1C(=O)N[C@@H](CC(C)C)C(=O)NC(C(C)C)C(=O)OC2. The lowest BCUT2D eigenvalue weighted by atomic mass is 10.00. The van der Waals surface area contributed by atoms with Crippen molar-refractivity contribution in [2.75, 3.05) is 34.0 Å². The second-order valence-electron chi connectivity index (χ2n) is 13.8. The average molecular weight is 786 g/mol. The van der Waals surface area contributed by atoms with Gasteiger partial charge in [-0.2, -0.15) is 0 Å². The third-order valence-corrected chi connectivity index (χ3v) is 9.03. The van der Waals surface area contributed by atoms with Crippen molar-refractivity contribution in [2.45, 2.75) is 78.3 Å². The number of nitrogens with one attached hydrogen (secondary N) is 2. The van der Waals surface area contributed by atoms with Gasteiger partial charge in [0.15, 0.2) is 23.0 Å². The Morgan fingerprint density at radius 3 is 1.80 bits per heavy atom. The summed E-state index contributed by atoms with van der Waals surface area (Å²) in [5.74, 6) is -2.47. The van der Waals surface area contributed by atoms with E-state index in [-0.39, 0.29) is 72.6 Å². The molecular formula is C37H47N5O14. The Labute approximate surface area is 322 Å². The predicted octanol–water partition coefficient (Wildman–Crippen LogP) is 4.36. The summed E-state index contributed by atoms with van der Waals surface area (Å²) in [4.78, 5) is 78.0. The number of hydrogen-bond acceptors (Lipinski definition) is 14. The van der Waals surface area contributed by atoms with Crippen LogP contribution in [0.3, 0.4) is 0 Å². The Kier molecular flexibility index (Phi) is 14.8. The molecule has 2 N–H and O–H groups in total. The smallest absolute Gasteiger partial charge is 0.410 e. The molecule has 0 radical (unpaired) electrons. The van der Waals surface area contributed by atoms with Crippen LogP contribution >= 0.6 is 0 Å². The maximum absolute atomic E-state index is 13.7. The largest absolute Gasteiger partial charge is 0.493 e. The summed E-state index contributed by atoms with van der Waals surface area (Å²) in [7, 11) is 2.67. The number of methoxy groups -OCH3 is 2. The highest BCUT2D eigenvalue weighted by Crippen LogP contribution is 2.37. The zero-order valence-electron chi connectivity index (χ0n) is 32.1. The van der Waals surface area contributed by atoms with Crippen LogP contribution < -0.4 is 29.6 Å². The molecule has 56 heavy (non-hydrogen) atoms. The summed E-state index contributed by atoms with van der Waals surface area (Å²) in [5.41, 5.74) is -0.822. The molecule has 6 rings (SSSR count). The van der Waals surface area contributed by atoms with Crippen LogP contribution in [-0.2, 0) is 37.1 Å². The molecule has 1 unspecified atom stereocenters. The van der Waals surface area contributed by atoms with E-state index in [1.807, 2.05) is 13.8 Å². The molecule has 0 aromatic heterocycles. The van der Waals surface area contributed by atoms with Crippen LogP contribution in [0.1, 0.15) is 58.1 Å². The molecule has 4 bridgehead atoms. The molecule has 1 fully saturated rings. The lowest BCUT2D eigenvalue weighted by Crippen LogP contribution is -2.56. The van der Waals surface area contributed by atoms with Crippen molar-refractivity contribution in [1.29, 1.82) is 0 Å². The minimum atomic E-state index is -1.20. The van der Waals surface area contributed by atoms with E-state index in [1.54, 1.807) is 26.0 Å². The first kappa shape index (κ1) is 42.6. The highest BCUT2D eigenvalue weighted by Gasteiger charge is 2.38. The maximum atomic E-state index is 13.7. The van der Waals surface area contributed by atoms with Gasteiger partial charge in [0.2, 0.25) is 11.8 Å². The Morgan fingerprint density at radius 1 is 0.786 bits per heavy atom. The fourth-order valence-corrected chi connectivity index (χ4v) is 6.15. The highest BCUT2D eigenvalue weighted by molar-refractivity contribution is 5.93. The molecule has 4 aliphatic heterocycles. The molecule has 3 atom stereocenters. The topological polar surface area (TPSA) is 237 Å². The van der Waals surface area contributed by atoms with Gasteiger partial charge in [-0.25, -0.2) is 9.59 Å². The van der Waals surface area contributed by atoms with Gasteiger partial charge in [-0.3, -0.25) is 34.7 Å².